The van der Waals surface area contributed by atoms with Crippen LogP contribution in [-0.2, 0) is 19.1 Å². The summed E-state index contributed by atoms with van der Waals surface area (Å²) >= 11 is 0. The molecule has 1 saturated carbocycles. The van der Waals surface area contributed by atoms with Gasteiger partial charge in [0, 0.05) is 18.9 Å². The fourth-order valence-corrected chi connectivity index (χ4v) is 4.71. The number of hydrogen-bond acceptors (Lipinski definition) is 6. The van der Waals surface area contributed by atoms with Gasteiger partial charge in [0.15, 0.2) is 0 Å². The smallest absolute Gasteiger partial charge is 0.407 e. The molecule has 0 aromatic rings. The molecule has 35 heavy (non-hydrogen) atoms. The summed E-state index contributed by atoms with van der Waals surface area (Å²) in [5.41, 5.74) is -0.631. The van der Waals surface area contributed by atoms with E-state index in [4.69, 9.17) is 9.47 Å². The van der Waals surface area contributed by atoms with E-state index in [0.29, 0.717) is 38.3 Å². The molecule has 1 fully saturated rings. The van der Waals surface area contributed by atoms with Crippen LogP contribution in [0.25, 0.3) is 0 Å². The van der Waals surface area contributed by atoms with Gasteiger partial charge < -0.3 is 25.2 Å². The molecule has 0 heterocycles. The number of hydrogen-bond donors (Lipinski definition) is 3. The van der Waals surface area contributed by atoms with Crippen LogP contribution in [0.4, 0.5) is 4.79 Å². The first-order chi connectivity index (χ1) is 16.4. The third kappa shape index (κ3) is 14.4. The fraction of sp³-hybridized carbons (Fsp3) is 0.889. The summed E-state index contributed by atoms with van der Waals surface area (Å²) < 4.78 is 10.4. The minimum absolute atomic E-state index is 0.129. The molecule has 1 aliphatic carbocycles. The summed E-state index contributed by atoms with van der Waals surface area (Å²) in [6.07, 6.45) is 6.68. The van der Waals surface area contributed by atoms with Crippen LogP contribution in [0.15, 0.2) is 0 Å². The Kier molecular flexibility index (Phi) is 14.3. The highest BCUT2D eigenvalue weighted by Gasteiger charge is 2.32. The summed E-state index contributed by atoms with van der Waals surface area (Å²) in [6, 6.07) is -0.473. The van der Waals surface area contributed by atoms with Gasteiger partial charge in [-0.05, 0) is 65.2 Å². The molecule has 1 rings (SSSR count). The van der Waals surface area contributed by atoms with Crippen molar-refractivity contribution >= 4 is 18.0 Å². The SMILES string of the molecule is CCOC(=O)CCCNC(=O)C(CC(C)C)CC(O)C(CC1CCCCC1)NC(=O)OC(C)(C)C. The van der Waals surface area contributed by atoms with Gasteiger partial charge in [-0.3, -0.25) is 9.59 Å². The molecule has 0 radical (unpaired) electrons. The Morgan fingerprint density at radius 3 is 2.29 bits per heavy atom. The first-order valence-corrected chi connectivity index (χ1v) is 13.5. The Morgan fingerprint density at radius 2 is 1.71 bits per heavy atom. The number of amides is 2. The van der Waals surface area contributed by atoms with Crippen molar-refractivity contribution in [3.63, 3.8) is 0 Å². The molecular weight excluding hydrogens is 448 g/mol. The second-order valence-electron chi connectivity index (χ2n) is 11.3. The zero-order chi connectivity index (χ0) is 26.4. The number of aliphatic hydroxyl groups excluding tert-OH is 1. The van der Waals surface area contributed by atoms with Crippen LogP contribution in [0.1, 0.15) is 106 Å². The molecule has 0 aromatic carbocycles. The molecule has 3 atom stereocenters. The van der Waals surface area contributed by atoms with E-state index in [2.05, 4.69) is 10.6 Å². The molecule has 0 saturated heterocycles. The number of ether oxygens (including phenoxy) is 2. The van der Waals surface area contributed by atoms with Crippen LogP contribution in [-0.4, -0.2) is 54.0 Å². The van der Waals surface area contributed by atoms with E-state index in [9.17, 15) is 19.5 Å². The van der Waals surface area contributed by atoms with Crippen molar-refractivity contribution in [2.75, 3.05) is 13.2 Å². The lowest BCUT2D eigenvalue weighted by Gasteiger charge is -2.32. The number of alkyl carbamates (subject to hydrolysis) is 1. The first kappa shape index (κ1) is 31.2. The molecule has 3 N–H and O–H groups in total. The van der Waals surface area contributed by atoms with Gasteiger partial charge >= 0.3 is 12.1 Å². The van der Waals surface area contributed by atoms with Gasteiger partial charge in [0.05, 0.1) is 18.8 Å². The van der Waals surface area contributed by atoms with E-state index in [1.807, 2.05) is 34.6 Å². The van der Waals surface area contributed by atoms with E-state index >= 15 is 0 Å². The Morgan fingerprint density at radius 1 is 1.06 bits per heavy atom. The second-order valence-corrected chi connectivity index (χ2v) is 11.3. The maximum Gasteiger partial charge on any atom is 0.407 e. The maximum absolute atomic E-state index is 13.0. The van der Waals surface area contributed by atoms with Gasteiger partial charge in [0.1, 0.15) is 5.60 Å². The first-order valence-electron chi connectivity index (χ1n) is 13.5. The largest absolute Gasteiger partial charge is 0.466 e. The quantitative estimate of drug-likeness (QED) is 0.236. The summed E-state index contributed by atoms with van der Waals surface area (Å²) in [5.74, 6) is -0.0708. The Hall–Kier alpha value is -1.83. The number of carbonyl (C=O) groups excluding carboxylic acids is 3. The second kappa shape index (κ2) is 16.0. The van der Waals surface area contributed by atoms with Gasteiger partial charge in [0.2, 0.25) is 5.91 Å². The van der Waals surface area contributed by atoms with Crippen molar-refractivity contribution in [1.82, 2.24) is 10.6 Å². The van der Waals surface area contributed by atoms with Crippen LogP contribution in [0, 0.1) is 17.8 Å². The average Bonchev–Trinajstić information content (AvgIpc) is 2.75. The summed E-state index contributed by atoms with van der Waals surface area (Å²) in [7, 11) is 0. The van der Waals surface area contributed by atoms with E-state index < -0.39 is 23.8 Å². The van der Waals surface area contributed by atoms with Crippen molar-refractivity contribution < 1.29 is 29.0 Å². The highest BCUT2D eigenvalue weighted by molar-refractivity contribution is 5.78. The average molecular weight is 499 g/mol. The zero-order valence-corrected chi connectivity index (χ0v) is 22.9. The van der Waals surface area contributed by atoms with Crippen LogP contribution >= 0.6 is 0 Å². The van der Waals surface area contributed by atoms with E-state index in [-0.39, 0.29) is 36.6 Å². The molecule has 1 aliphatic rings. The van der Waals surface area contributed by atoms with Crippen LogP contribution in [0.5, 0.6) is 0 Å². The maximum atomic E-state index is 13.0. The molecule has 0 aromatic heterocycles. The van der Waals surface area contributed by atoms with Crippen LogP contribution in [0.3, 0.4) is 0 Å². The standard InChI is InChI=1S/C27H50N2O6/c1-7-34-24(31)14-11-15-28-25(32)21(16-19(2)3)18-23(30)22(17-20-12-9-8-10-13-20)29-26(33)35-27(4,5)6/h19-23,30H,7-18H2,1-6H3,(H,28,32)(H,29,33). The van der Waals surface area contributed by atoms with Crippen molar-refractivity contribution in [3.05, 3.63) is 0 Å². The normalized spacial score (nSPS) is 17.4. The lowest BCUT2D eigenvalue weighted by atomic mass is 9.81. The van der Waals surface area contributed by atoms with E-state index in [1.54, 1.807) is 6.92 Å². The van der Waals surface area contributed by atoms with E-state index in [1.165, 1.54) is 19.3 Å². The number of esters is 1. The van der Waals surface area contributed by atoms with Crippen molar-refractivity contribution in [3.8, 4) is 0 Å². The highest BCUT2D eigenvalue weighted by Crippen LogP contribution is 2.29. The molecule has 2 amide bonds. The number of nitrogens with one attached hydrogen (secondary N) is 2. The Labute approximate surface area is 212 Å². The van der Waals surface area contributed by atoms with Crippen molar-refractivity contribution in [2.24, 2.45) is 17.8 Å². The Bertz CT molecular complexity index is 640. The van der Waals surface area contributed by atoms with Crippen LogP contribution in [0.2, 0.25) is 0 Å². The summed E-state index contributed by atoms with van der Waals surface area (Å²) in [6.45, 7) is 12.0. The number of rotatable bonds is 14. The number of carbonyl (C=O) groups is 3. The van der Waals surface area contributed by atoms with Gasteiger partial charge in [0.25, 0.3) is 0 Å². The molecule has 204 valence electrons. The lowest BCUT2D eigenvalue weighted by molar-refractivity contribution is -0.143. The van der Waals surface area contributed by atoms with Gasteiger partial charge in [-0.25, -0.2) is 4.79 Å². The molecule has 0 aliphatic heterocycles. The molecular formula is C27H50N2O6. The van der Waals surface area contributed by atoms with Gasteiger partial charge in [-0.2, -0.15) is 0 Å². The predicted molar refractivity (Wildman–Crippen MR) is 137 cm³/mol. The molecule has 8 heteroatoms. The Balaban J connectivity index is 2.79. The minimum atomic E-state index is -0.863. The molecule has 0 bridgehead atoms. The fourth-order valence-electron chi connectivity index (χ4n) is 4.71. The minimum Gasteiger partial charge on any atom is -0.466 e. The van der Waals surface area contributed by atoms with Crippen LogP contribution < -0.4 is 10.6 Å². The lowest BCUT2D eigenvalue weighted by Crippen LogP contribution is -2.48. The van der Waals surface area contributed by atoms with Crippen molar-refractivity contribution in [1.29, 1.82) is 0 Å². The number of aliphatic hydroxyl groups is 1. The molecule has 8 nitrogen and oxygen atoms in total. The molecule has 3 unspecified atom stereocenters. The topological polar surface area (TPSA) is 114 Å². The third-order valence-corrected chi connectivity index (χ3v) is 6.29. The third-order valence-electron chi connectivity index (χ3n) is 6.29. The van der Waals surface area contributed by atoms with Gasteiger partial charge in [-0.15, -0.1) is 0 Å². The summed E-state index contributed by atoms with van der Waals surface area (Å²) in [5, 5.41) is 17.0. The van der Waals surface area contributed by atoms with E-state index in [0.717, 1.165) is 12.8 Å². The van der Waals surface area contributed by atoms with Gasteiger partial charge in [-0.1, -0.05) is 46.0 Å². The highest BCUT2D eigenvalue weighted by atomic mass is 16.6. The van der Waals surface area contributed by atoms with Crippen molar-refractivity contribution in [2.45, 2.75) is 123 Å². The monoisotopic (exact) mass is 498 g/mol. The summed E-state index contributed by atoms with van der Waals surface area (Å²) in [4.78, 5) is 37.0. The zero-order valence-electron chi connectivity index (χ0n) is 22.9. The molecule has 0 spiro atoms. The predicted octanol–water partition coefficient (Wildman–Crippen LogP) is 4.72.